The summed E-state index contributed by atoms with van der Waals surface area (Å²) in [5, 5.41) is 0. The highest BCUT2D eigenvalue weighted by atomic mass is 16.1. The minimum absolute atomic E-state index is 0.292. The van der Waals surface area contributed by atoms with Crippen LogP contribution in [0.4, 0.5) is 0 Å². The zero-order valence-corrected chi connectivity index (χ0v) is 11.2. The zero-order valence-electron chi connectivity index (χ0n) is 11.2. The van der Waals surface area contributed by atoms with Crippen molar-refractivity contribution in [1.29, 1.82) is 0 Å². The van der Waals surface area contributed by atoms with Crippen LogP contribution in [-0.4, -0.2) is 5.78 Å². The van der Waals surface area contributed by atoms with Gasteiger partial charge in [-0.25, -0.2) is 0 Å². The van der Waals surface area contributed by atoms with Crippen molar-refractivity contribution in [2.45, 2.75) is 51.9 Å². The van der Waals surface area contributed by atoms with E-state index in [0.717, 1.165) is 30.7 Å². The predicted octanol–water partition coefficient (Wildman–Crippen LogP) is 4.18. The number of carbonyl (C=O) groups excluding carboxylic acids is 1. The fraction of sp³-hybridized carbons (Fsp3) is 0.588. The summed E-state index contributed by atoms with van der Waals surface area (Å²) in [5.41, 5.74) is 3.85. The summed E-state index contributed by atoms with van der Waals surface area (Å²) in [4.78, 5) is 12.5. The molecular formula is C17H22O. The first kappa shape index (κ1) is 12.0. The van der Waals surface area contributed by atoms with Crippen molar-refractivity contribution in [1.82, 2.24) is 0 Å². The standard InChI is InChI=1S/C17H22O/c1-12-5-7-14(8-6-12)17(18)16-10-9-13-3-2-4-15(13)11-16/h9-12,14H,2-8H2,1H3. The lowest BCUT2D eigenvalue weighted by atomic mass is 9.79. The fourth-order valence-corrected chi connectivity index (χ4v) is 3.48. The van der Waals surface area contributed by atoms with Crippen molar-refractivity contribution in [2.24, 2.45) is 11.8 Å². The van der Waals surface area contributed by atoms with Crippen molar-refractivity contribution in [3.8, 4) is 0 Å². The molecule has 1 fully saturated rings. The summed E-state index contributed by atoms with van der Waals surface area (Å²) in [5.74, 6) is 1.51. The summed E-state index contributed by atoms with van der Waals surface area (Å²) in [6.45, 7) is 2.30. The molecule has 0 saturated heterocycles. The largest absolute Gasteiger partial charge is 0.294 e. The van der Waals surface area contributed by atoms with Crippen molar-refractivity contribution in [3.05, 3.63) is 34.9 Å². The molecule has 0 N–H and O–H groups in total. The van der Waals surface area contributed by atoms with Gasteiger partial charge in [-0.05, 0) is 55.2 Å². The maximum atomic E-state index is 12.5. The molecule has 0 atom stereocenters. The molecule has 1 aromatic carbocycles. The summed E-state index contributed by atoms with van der Waals surface area (Å²) < 4.78 is 0. The van der Waals surface area contributed by atoms with Gasteiger partial charge in [-0.3, -0.25) is 4.79 Å². The number of Topliss-reactive ketones (excluding diaryl/α,β-unsaturated/α-hetero) is 1. The van der Waals surface area contributed by atoms with E-state index in [4.69, 9.17) is 0 Å². The van der Waals surface area contributed by atoms with Crippen LogP contribution < -0.4 is 0 Å². The number of benzene rings is 1. The first-order valence-electron chi connectivity index (χ1n) is 7.40. The molecule has 96 valence electrons. The molecule has 0 spiro atoms. The van der Waals surface area contributed by atoms with E-state index in [1.807, 2.05) is 0 Å². The molecule has 2 aliphatic carbocycles. The molecule has 0 aliphatic heterocycles. The summed E-state index contributed by atoms with van der Waals surface area (Å²) >= 11 is 0. The minimum atomic E-state index is 0.292. The Hall–Kier alpha value is -1.11. The lowest BCUT2D eigenvalue weighted by molar-refractivity contribution is 0.0875. The van der Waals surface area contributed by atoms with Crippen LogP contribution in [0.3, 0.4) is 0 Å². The first-order valence-corrected chi connectivity index (χ1v) is 7.40. The number of carbonyl (C=O) groups is 1. The molecule has 1 aromatic rings. The normalized spacial score (nSPS) is 26.9. The molecule has 1 saturated carbocycles. The van der Waals surface area contributed by atoms with Crippen molar-refractivity contribution < 1.29 is 4.79 Å². The number of rotatable bonds is 2. The summed E-state index contributed by atoms with van der Waals surface area (Å²) in [7, 11) is 0. The van der Waals surface area contributed by atoms with E-state index in [1.54, 1.807) is 0 Å². The van der Waals surface area contributed by atoms with Gasteiger partial charge in [-0.1, -0.05) is 31.9 Å². The Balaban J connectivity index is 1.76. The topological polar surface area (TPSA) is 17.1 Å². The van der Waals surface area contributed by atoms with Crippen LogP contribution in [0.15, 0.2) is 18.2 Å². The highest BCUT2D eigenvalue weighted by Gasteiger charge is 2.25. The molecule has 1 heteroatoms. The van der Waals surface area contributed by atoms with Crippen LogP contribution in [-0.2, 0) is 12.8 Å². The fourth-order valence-electron chi connectivity index (χ4n) is 3.48. The van der Waals surface area contributed by atoms with Gasteiger partial charge in [-0.15, -0.1) is 0 Å². The average Bonchev–Trinajstić information content (AvgIpc) is 2.86. The smallest absolute Gasteiger partial charge is 0.165 e. The third-order valence-corrected chi connectivity index (χ3v) is 4.77. The van der Waals surface area contributed by atoms with Crippen molar-refractivity contribution in [3.63, 3.8) is 0 Å². The Bertz CT molecular complexity index is 453. The Morgan fingerprint density at radius 3 is 2.56 bits per heavy atom. The van der Waals surface area contributed by atoms with E-state index in [0.29, 0.717) is 11.7 Å². The van der Waals surface area contributed by atoms with Gasteiger partial charge in [0.15, 0.2) is 5.78 Å². The lowest BCUT2D eigenvalue weighted by Gasteiger charge is -2.25. The molecule has 0 radical (unpaired) electrons. The summed E-state index contributed by atoms with van der Waals surface area (Å²) in [6, 6.07) is 6.41. The second kappa shape index (κ2) is 4.87. The molecule has 0 bridgehead atoms. The van der Waals surface area contributed by atoms with E-state index < -0.39 is 0 Å². The third-order valence-electron chi connectivity index (χ3n) is 4.77. The Morgan fingerprint density at radius 1 is 1.06 bits per heavy atom. The van der Waals surface area contributed by atoms with Crippen LogP contribution in [0.1, 0.15) is 60.5 Å². The van der Waals surface area contributed by atoms with Gasteiger partial charge in [-0.2, -0.15) is 0 Å². The van der Waals surface area contributed by atoms with E-state index in [9.17, 15) is 4.79 Å². The van der Waals surface area contributed by atoms with Gasteiger partial charge >= 0.3 is 0 Å². The maximum Gasteiger partial charge on any atom is 0.165 e. The van der Waals surface area contributed by atoms with Gasteiger partial charge in [0.25, 0.3) is 0 Å². The highest BCUT2D eigenvalue weighted by molar-refractivity contribution is 5.98. The summed E-state index contributed by atoms with van der Waals surface area (Å²) in [6.07, 6.45) is 8.26. The number of hydrogen-bond donors (Lipinski definition) is 0. The van der Waals surface area contributed by atoms with Crippen LogP contribution in [0, 0.1) is 11.8 Å². The molecule has 18 heavy (non-hydrogen) atoms. The zero-order chi connectivity index (χ0) is 12.5. The predicted molar refractivity (Wildman–Crippen MR) is 73.9 cm³/mol. The van der Waals surface area contributed by atoms with E-state index >= 15 is 0 Å². The minimum Gasteiger partial charge on any atom is -0.294 e. The van der Waals surface area contributed by atoms with Gasteiger partial charge in [0.2, 0.25) is 0 Å². The van der Waals surface area contributed by atoms with Crippen LogP contribution in [0.2, 0.25) is 0 Å². The molecule has 0 heterocycles. The number of ketones is 1. The number of fused-ring (bicyclic) bond motifs is 1. The monoisotopic (exact) mass is 242 g/mol. The van der Waals surface area contributed by atoms with Crippen LogP contribution in [0.5, 0.6) is 0 Å². The van der Waals surface area contributed by atoms with Gasteiger partial charge in [0.05, 0.1) is 0 Å². The van der Waals surface area contributed by atoms with E-state index in [-0.39, 0.29) is 0 Å². The average molecular weight is 242 g/mol. The molecular weight excluding hydrogens is 220 g/mol. The Labute approximate surface area is 110 Å². The van der Waals surface area contributed by atoms with Crippen molar-refractivity contribution in [2.75, 3.05) is 0 Å². The third kappa shape index (κ3) is 2.23. The lowest BCUT2D eigenvalue weighted by Crippen LogP contribution is -2.21. The quantitative estimate of drug-likeness (QED) is 0.711. The number of aryl methyl sites for hydroxylation is 2. The molecule has 0 amide bonds. The van der Waals surface area contributed by atoms with Crippen LogP contribution in [0.25, 0.3) is 0 Å². The second-order valence-corrected chi connectivity index (χ2v) is 6.16. The van der Waals surface area contributed by atoms with E-state index in [1.165, 1.54) is 36.8 Å². The van der Waals surface area contributed by atoms with Crippen LogP contribution >= 0.6 is 0 Å². The van der Waals surface area contributed by atoms with Gasteiger partial charge in [0, 0.05) is 11.5 Å². The molecule has 0 aromatic heterocycles. The van der Waals surface area contributed by atoms with Crippen molar-refractivity contribution >= 4 is 5.78 Å². The molecule has 3 rings (SSSR count). The maximum absolute atomic E-state index is 12.5. The SMILES string of the molecule is CC1CCC(C(=O)c2ccc3c(c2)CCC3)CC1. The van der Waals surface area contributed by atoms with E-state index in [2.05, 4.69) is 25.1 Å². The first-order chi connectivity index (χ1) is 8.74. The molecule has 1 nitrogen and oxygen atoms in total. The Kier molecular flexibility index (Phi) is 3.23. The second-order valence-electron chi connectivity index (χ2n) is 6.16. The van der Waals surface area contributed by atoms with Gasteiger partial charge in [0.1, 0.15) is 0 Å². The molecule has 2 aliphatic rings. The van der Waals surface area contributed by atoms with Gasteiger partial charge < -0.3 is 0 Å². The molecule has 0 unspecified atom stereocenters. The Morgan fingerprint density at radius 2 is 1.78 bits per heavy atom. The highest BCUT2D eigenvalue weighted by Crippen LogP contribution is 2.31. The number of hydrogen-bond acceptors (Lipinski definition) is 1.